The molecule has 1 atom stereocenters. The van der Waals surface area contributed by atoms with Gasteiger partial charge < -0.3 is 5.32 Å². The maximum absolute atomic E-state index is 12.5. The van der Waals surface area contributed by atoms with Gasteiger partial charge in [-0.25, -0.2) is 0 Å². The van der Waals surface area contributed by atoms with Crippen LogP contribution in [0.5, 0.6) is 0 Å². The number of halogens is 4. The molecule has 1 saturated carbocycles. The zero-order valence-electron chi connectivity index (χ0n) is 9.89. The van der Waals surface area contributed by atoms with Crippen molar-refractivity contribution < 1.29 is 13.2 Å². The fourth-order valence-electron chi connectivity index (χ4n) is 1.98. The van der Waals surface area contributed by atoms with Crippen LogP contribution < -0.4 is 5.32 Å². The monoisotopic (exact) mass is 278 g/mol. The third-order valence-electron chi connectivity index (χ3n) is 3.22. The number of pyridine rings is 1. The van der Waals surface area contributed by atoms with Gasteiger partial charge in [-0.15, -0.1) is 0 Å². The Morgan fingerprint density at radius 1 is 1.50 bits per heavy atom. The van der Waals surface area contributed by atoms with Gasteiger partial charge in [0.25, 0.3) is 0 Å². The highest BCUT2D eigenvalue weighted by atomic mass is 35.5. The molecule has 0 amide bonds. The smallest absolute Gasteiger partial charge is 0.316 e. The first-order chi connectivity index (χ1) is 8.41. The van der Waals surface area contributed by atoms with Crippen molar-refractivity contribution in [2.45, 2.75) is 31.5 Å². The van der Waals surface area contributed by atoms with Crippen LogP contribution in [0.15, 0.2) is 12.3 Å². The van der Waals surface area contributed by atoms with Gasteiger partial charge in [-0.05, 0) is 31.9 Å². The Hall–Kier alpha value is -0.810. The normalized spacial score (nSPS) is 17.8. The third-order valence-corrected chi connectivity index (χ3v) is 3.55. The summed E-state index contributed by atoms with van der Waals surface area (Å²) in [4.78, 5) is 3.85. The van der Waals surface area contributed by atoms with Gasteiger partial charge in [0.05, 0.1) is 16.3 Å². The van der Waals surface area contributed by atoms with Crippen molar-refractivity contribution >= 4 is 11.6 Å². The van der Waals surface area contributed by atoms with E-state index in [0.717, 1.165) is 25.1 Å². The number of hydrogen-bond acceptors (Lipinski definition) is 2. The summed E-state index contributed by atoms with van der Waals surface area (Å²) in [6.07, 6.45) is -0.666. The second-order valence-electron chi connectivity index (χ2n) is 4.59. The fraction of sp³-hybridized carbons (Fsp3) is 0.583. The highest BCUT2D eigenvalue weighted by Crippen LogP contribution is 2.35. The van der Waals surface area contributed by atoms with Crippen LogP contribution >= 0.6 is 11.6 Å². The van der Waals surface area contributed by atoms with Gasteiger partial charge in [0.2, 0.25) is 0 Å². The van der Waals surface area contributed by atoms with Crippen molar-refractivity contribution in [3.05, 3.63) is 28.5 Å². The molecule has 1 aromatic rings. The Morgan fingerprint density at radius 3 is 2.61 bits per heavy atom. The summed E-state index contributed by atoms with van der Waals surface area (Å²) in [5.41, 5.74) is -0.278. The van der Waals surface area contributed by atoms with E-state index in [4.69, 9.17) is 11.6 Å². The molecule has 1 heterocycles. The number of rotatable bonds is 4. The van der Waals surface area contributed by atoms with Crippen LogP contribution in [0.1, 0.15) is 24.1 Å². The molecule has 0 aromatic carbocycles. The first kappa shape index (κ1) is 13.6. The second-order valence-corrected chi connectivity index (χ2v) is 4.99. The number of nitrogens with zero attached hydrogens (tertiary/aromatic N) is 1. The first-order valence-corrected chi connectivity index (χ1v) is 6.18. The highest BCUT2D eigenvalue weighted by Gasteiger charge is 2.33. The molecule has 1 aliphatic carbocycles. The van der Waals surface area contributed by atoms with Gasteiger partial charge in [0, 0.05) is 18.7 Å². The molecule has 0 saturated heterocycles. The Kier molecular flexibility index (Phi) is 3.82. The molecule has 6 heteroatoms. The lowest BCUT2D eigenvalue weighted by Crippen LogP contribution is -2.30. The lowest BCUT2D eigenvalue weighted by Gasteiger charge is -2.16. The van der Waals surface area contributed by atoms with E-state index in [2.05, 4.69) is 10.3 Å². The van der Waals surface area contributed by atoms with E-state index in [-0.39, 0.29) is 11.1 Å². The van der Waals surface area contributed by atoms with Crippen molar-refractivity contribution in [2.75, 3.05) is 7.05 Å². The number of alkyl halides is 3. The zero-order valence-corrected chi connectivity index (χ0v) is 10.6. The van der Waals surface area contributed by atoms with Crippen molar-refractivity contribution in [2.24, 2.45) is 5.92 Å². The number of nitrogens with one attached hydrogen (secondary N) is 1. The Bertz CT molecular complexity index is 430. The largest absolute Gasteiger partial charge is 0.417 e. The van der Waals surface area contributed by atoms with E-state index in [1.807, 2.05) is 7.05 Å². The molecule has 1 unspecified atom stereocenters. The molecule has 100 valence electrons. The molecule has 0 aliphatic heterocycles. The van der Waals surface area contributed by atoms with Crippen molar-refractivity contribution in [1.29, 1.82) is 0 Å². The highest BCUT2D eigenvalue weighted by molar-refractivity contribution is 6.31. The molecule has 0 radical (unpaired) electrons. The minimum absolute atomic E-state index is 0.0886. The molecular formula is C12H14ClF3N2. The third kappa shape index (κ3) is 3.14. The molecule has 0 bridgehead atoms. The summed E-state index contributed by atoms with van der Waals surface area (Å²) >= 11 is 5.87. The van der Waals surface area contributed by atoms with E-state index in [1.165, 1.54) is 0 Å². The van der Waals surface area contributed by atoms with E-state index >= 15 is 0 Å². The quantitative estimate of drug-likeness (QED) is 0.914. The van der Waals surface area contributed by atoms with Gasteiger partial charge in [-0.3, -0.25) is 4.98 Å². The van der Waals surface area contributed by atoms with Crippen molar-refractivity contribution in [3.8, 4) is 0 Å². The summed E-state index contributed by atoms with van der Waals surface area (Å²) in [5, 5.41) is 3.25. The second kappa shape index (κ2) is 5.05. The Labute approximate surface area is 109 Å². The molecule has 2 rings (SSSR count). The van der Waals surface area contributed by atoms with Gasteiger partial charge in [-0.2, -0.15) is 13.2 Å². The summed E-state index contributed by atoms with van der Waals surface area (Å²) in [7, 11) is 1.85. The first-order valence-electron chi connectivity index (χ1n) is 5.80. The van der Waals surface area contributed by atoms with E-state index in [1.54, 1.807) is 0 Å². The Morgan fingerprint density at radius 2 is 2.17 bits per heavy atom. The van der Waals surface area contributed by atoms with Gasteiger partial charge in [-0.1, -0.05) is 11.6 Å². The van der Waals surface area contributed by atoms with Gasteiger partial charge in [0.1, 0.15) is 0 Å². The molecule has 1 aromatic heterocycles. The lowest BCUT2D eigenvalue weighted by molar-refractivity contribution is -0.137. The van der Waals surface area contributed by atoms with Gasteiger partial charge >= 0.3 is 6.18 Å². The average Bonchev–Trinajstić information content (AvgIpc) is 3.10. The summed E-state index contributed by atoms with van der Waals surface area (Å²) in [5.74, 6) is 0.593. The van der Waals surface area contributed by atoms with E-state index < -0.39 is 11.7 Å². The molecule has 1 N–H and O–H groups in total. The van der Waals surface area contributed by atoms with Crippen LogP contribution in [0.25, 0.3) is 0 Å². The fourth-order valence-corrected chi connectivity index (χ4v) is 2.23. The minimum Gasteiger partial charge on any atom is -0.316 e. The van der Waals surface area contributed by atoms with Crippen LogP contribution in [0, 0.1) is 5.92 Å². The van der Waals surface area contributed by atoms with Gasteiger partial charge in [0.15, 0.2) is 0 Å². The molecule has 1 fully saturated rings. The van der Waals surface area contributed by atoms with Crippen LogP contribution in [-0.4, -0.2) is 18.1 Å². The van der Waals surface area contributed by atoms with Crippen LogP contribution in [0.4, 0.5) is 13.2 Å². The zero-order chi connectivity index (χ0) is 13.3. The maximum atomic E-state index is 12.5. The number of hydrogen-bond donors (Lipinski definition) is 1. The predicted molar refractivity (Wildman–Crippen MR) is 63.5 cm³/mol. The SMILES string of the molecule is CNC(Cc1ncc(C(F)(F)F)cc1Cl)C1CC1. The number of likely N-dealkylation sites (N-methyl/N-ethyl adjacent to an activating group) is 1. The topological polar surface area (TPSA) is 24.9 Å². The molecule has 2 nitrogen and oxygen atoms in total. The molecule has 0 spiro atoms. The standard InChI is InChI=1S/C12H14ClF3N2/c1-17-10(7-2-3-7)5-11-9(13)4-8(6-18-11)12(14,15)16/h4,6-7,10,17H,2-3,5H2,1H3. The van der Waals surface area contributed by atoms with Crippen molar-refractivity contribution in [1.82, 2.24) is 10.3 Å². The summed E-state index contributed by atoms with van der Waals surface area (Å²) < 4.78 is 37.4. The van der Waals surface area contributed by atoms with E-state index in [0.29, 0.717) is 18.0 Å². The predicted octanol–water partition coefficient (Wildman–Crippen LogP) is 3.29. The minimum atomic E-state index is -4.39. The van der Waals surface area contributed by atoms with Crippen LogP contribution in [0.3, 0.4) is 0 Å². The molecule has 18 heavy (non-hydrogen) atoms. The Balaban J connectivity index is 2.14. The molecular weight excluding hydrogens is 265 g/mol. The maximum Gasteiger partial charge on any atom is 0.417 e. The average molecular weight is 279 g/mol. The van der Waals surface area contributed by atoms with Crippen LogP contribution in [0.2, 0.25) is 5.02 Å². The summed E-state index contributed by atoms with van der Waals surface area (Å²) in [6, 6.07) is 1.19. The van der Waals surface area contributed by atoms with Crippen LogP contribution in [-0.2, 0) is 12.6 Å². The molecule has 1 aliphatic rings. The van der Waals surface area contributed by atoms with E-state index in [9.17, 15) is 13.2 Å². The van der Waals surface area contributed by atoms with Crippen molar-refractivity contribution in [3.63, 3.8) is 0 Å². The number of aromatic nitrogens is 1. The summed E-state index contributed by atoms with van der Waals surface area (Å²) in [6.45, 7) is 0. The lowest BCUT2D eigenvalue weighted by atomic mass is 10.1.